The third-order valence-electron chi connectivity index (χ3n) is 3.31. The van der Waals surface area contributed by atoms with Crippen molar-refractivity contribution in [3.8, 4) is 0 Å². The maximum atomic E-state index is 6.10. The minimum absolute atomic E-state index is 0.264. The van der Waals surface area contributed by atoms with Crippen molar-refractivity contribution in [2.24, 2.45) is 5.92 Å². The van der Waals surface area contributed by atoms with E-state index in [-0.39, 0.29) is 5.28 Å². The van der Waals surface area contributed by atoms with Crippen LogP contribution in [0.25, 0.3) is 0 Å². The zero-order chi connectivity index (χ0) is 12.3. The molecule has 0 aromatic carbocycles. The molecule has 1 aliphatic rings. The molecule has 94 valence electrons. The lowest BCUT2D eigenvalue weighted by Crippen LogP contribution is -2.34. The van der Waals surface area contributed by atoms with Gasteiger partial charge < -0.3 is 4.90 Å². The SMILES string of the molecule is CCCC1CCN(c2nc(Cl)ncc2Cl)CC1. The molecular weight excluding hydrogens is 257 g/mol. The molecule has 1 aromatic rings. The van der Waals surface area contributed by atoms with E-state index in [4.69, 9.17) is 23.2 Å². The number of hydrogen-bond acceptors (Lipinski definition) is 3. The van der Waals surface area contributed by atoms with Crippen LogP contribution in [0.1, 0.15) is 32.6 Å². The van der Waals surface area contributed by atoms with Crippen LogP contribution in [0.3, 0.4) is 0 Å². The van der Waals surface area contributed by atoms with Crippen molar-refractivity contribution < 1.29 is 0 Å². The molecule has 2 heterocycles. The molecule has 0 bridgehead atoms. The van der Waals surface area contributed by atoms with E-state index in [1.165, 1.54) is 25.7 Å². The van der Waals surface area contributed by atoms with E-state index in [0.29, 0.717) is 5.02 Å². The van der Waals surface area contributed by atoms with E-state index < -0.39 is 0 Å². The van der Waals surface area contributed by atoms with Crippen LogP contribution < -0.4 is 4.90 Å². The summed E-state index contributed by atoms with van der Waals surface area (Å²) in [5.41, 5.74) is 0. The summed E-state index contributed by atoms with van der Waals surface area (Å²) in [6.07, 6.45) is 6.60. The van der Waals surface area contributed by atoms with Crippen LogP contribution in [0.5, 0.6) is 0 Å². The quantitative estimate of drug-likeness (QED) is 0.785. The topological polar surface area (TPSA) is 29.0 Å². The highest BCUT2D eigenvalue weighted by Crippen LogP contribution is 2.29. The summed E-state index contributed by atoms with van der Waals surface area (Å²) >= 11 is 11.9. The molecule has 0 saturated carbocycles. The normalized spacial score (nSPS) is 17.5. The van der Waals surface area contributed by atoms with Crippen LogP contribution >= 0.6 is 23.2 Å². The smallest absolute Gasteiger partial charge is 0.224 e. The molecule has 0 spiro atoms. The lowest BCUT2D eigenvalue weighted by molar-refractivity contribution is 0.377. The lowest BCUT2D eigenvalue weighted by Gasteiger charge is -2.33. The van der Waals surface area contributed by atoms with Gasteiger partial charge in [-0.2, -0.15) is 4.98 Å². The fourth-order valence-corrected chi connectivity index (χ4v) is 2.74. The number of anilines is 1. The minimum Gasteiger partial charge on any atom is -0.355 e. The van der Waals surface area contributed by atoms with E-state index >= 15 is 0 Å². The molecule has 1 aliphatic heterocycles. The number of hydrogen-bond donors (Lipinski definition) is 0. The van der Waals surface area contributed by atoms with Gasteiger partial charge in [0.2, 0.25) is 5.28 Å². The van der Waals surface area contributed by atoms with Crippen molar-refractivity contribution in [1.82, 2.24) is 9.97 Å². The summed E-state index contributed by atoms with van der Waals surface area (Å²) in [6.45, 7) is 4.27. The number of halogens is 2. The molecule has 1 aromatic heterocycles. The Hall–Kier alpha value is -0.540. The first-order valence-corrected chi connectivity index (χ1v) is 6.89. The lowest BCUT2D eigenvalue weighted by atomic mass is 9.92. The van der Waals surface area contributed by atoms with Gasteiger partial charge in [0.05, 0.1) is 6.20 Å². The van der Waals surface area contributed by atoms with Crippen LogP contribution in [0.2, 0.25) is 10.3 Å². The Kier molecular flexibility index (Phi) is 4.46. The van der Waals surface area contributed by atoms with E-state index in [1.807, 2.05) is 0 Å². The fourth-order valence-electron chi connectivity index (χ4n) is 2.40. The number of nitrogens with zero attached hydrogens (tertiary/aromatic N) is 3. The molecule has 0 atom stereocenters. The molecule has 0 N–H and O–H groups in total. The van der Waals surface area contributed by atoms with Gasteiger partial charge in [-0.15, -0.1) is 0 Å². The molecule has 5 heteroatoms. The first-order chi connectivity index (χ1) is 8.20. The fraction of sp³-hybridized carbons (Fsp3) is 0.667. The predicted molar refractivity (Wildman–Crippen MR) is 71.9 cm³/mol. The van der Waals surface area contributed by atoms with Gasteiger partial charge in [0.1, 0.15) is 5.02 Å². The molecule has 0 radical (unpaired) electrons. The summed E-state index contributed by atoms with van der Waals surface area (Å²) in [5, 5.41) is 0.850. The third-order valence-corrected chi connectivity index (χ3v) is 3.76. The Morgan fingerprint density at radius 3 is 2.71 bits per heavy atom. The summed E-state index contributed by atoms with van der Waals surface area (Å²) in [7, 11) is 0. The van der Waals surface area contributed by atoms with Crippen LogP contribution in [0.15, 0.2) is 6.20 Å². The zero-order valence-electron chi connectivity index (χ0n) is 9.99. The summed E-state index contributed by atoms with van der Waals surface area (Å²) < 4.78 is 0. The number of aromatic nitrogens is 2. The van der Waals surface area contributed by atoms with E-state index in [2.05, 4.69) is 21.8 Å². The van der Waals surface area contributed by atoms with Gasteiger partial charge in [-0.25, -0.2) is 4.98 Å². The van der Waals surface area contributed by atoms with Crippen LogP contribution in [0, 0.1) is 5.92 Å². The largest absolute Gasteiger partial charge is 0.355 e. The Balaban J connectivity index is 2.02. The summed E-state index contributed by atoms with van der Waals surface area (Å²) in [5.74, 6) is 1.63. The molecule has 0 aliphatic carbocycles. The Morgan fingerprint density at radius 1 is 1.35 bits per heavy atom. The molecular formula is C12H17Cl2N3. The molecule has 17 heavy (non-hydrogen) atoms. The third kappa shape index (κ3) is 3.23. The predicted octanol–water partition coefficient (Wildman–Crippen LogP) is 3.80. The average Bonchev–Trinajstić information content (AvgIpc) is 2.34. The van der Waals surface area contributed by atoms with Gasteiger partial charge in [-0.3, -0.25) is 0 Å². The van der Waals surface area contributed by atoms with Gasteiger partial charge in [-0.05, 0) is 30.4 Å². The monoisotopic (exact) mass is 273 g/mol. The van der Waals surface area contributed by atoms with Crippen molar-refractivity contribution in [1.29, 1.82) is 0 Å². The second-order valence-corrected chi connectivity index (χ2v) is 5.27. The first kappa shape index (κ1) is 12.9. The number of rotatable bonds is 3. The van der Waals surface area contributed by atoms with Crippen LogP contribution in [-0.2, 0) is 0 Å². The van der Waals surface area contributed by atoms with Crippen LogP contribution in [-0.4, -0.2) is 23.1 Å². The maximum absolute atomic E-state index is 6.10. The van der Waals surface area contributed by atoms with E-state index in [0.717, 1.165) is 24.8 Å². The summed E-state index contributed by atoms with van der Waals surface area (Å²) in [4.78, 5) is 10.3. The second-order valence-electron chi connectivity index (χ2n) is 4.53. The van der Waals surface area contributed by atoms with Gasteiger partial charge in [0.15, 0.2) is 5.82 Å². The van der Waals surface area contributed by atoms with Crippen molar-refractivity contribution in [2.75, 3.05) is 18.0 Å². The van der Waals surface area contributed by atoms with E-state index in [9.17, 15) is 0 Å². The molecule has 3 nitrogen and oxygen atoms in total. The highest BCUT2D eigenvalue weighted by Gasteiger charge is 2.21. The Labute approximate surface area is 112 Å². The molecule has 2 rings (SSSR count). The van der Waals surface area contributed by atoms with Gasteiger partial charge in [0, 0.05) is 13.1 Å². The standard InChI is InChI=1S/C12H17Cl2N3/c1-2-3-9-4-6-17(7-5-9)11-10(13)8-15-12(14)16-11/h8-9H,2-7H2,1H3. The average molecular weight is 274 g/mol. The minimum atomic E-state index is 0.264. The van der Waals surface area contributed by atoms with E-state index in [1.54, 1.807) is 6.20 Å². The Morgan fingerprint density at radius 2 is 2.06 bits per heavy atom. The molecule has 0 unspecified atom stereocenters. The van der Waals surface area contributed by atoms with Gasteiger partial charge in [0.25, 0.3) is 0 Å². The van der Waals surface area contributed by atoms with Crippen LogP contribution in [0.4, 0.5) is 5.82 Å². The highest BCUT2D eigenvalue weighted by atomic mass is 35.5. The Bertz CT molecular complexity index is 376. The summed E-state index contributed by atoms with van der Waals surface area (Å²) in [6, 6.07) is 0. The highest BCUT2D eigenvalue weighted by molar-refractivity contribution is 6.33. The van der Waals surface area contributed by atoms with Gasteiger partial charge in [-0.1, -0.05) is 31.4 Å². The molecule has 0 amide bonds. The maximum Gasteiger partial charge on any atom is 0.224 e. The second kappa shape index (κ2) is 5.87. The molecule has 1 saturated heterocycles. The first-order valence-electron chi connectivity index (χ1n) is 6.13. The van der Waals surface area contributed by atoms with Crippen molar-refractivity contribution in [3.05, 3.63) is 16.5 Å². The zero-order valence-corrected chi connectivity index (χ0v) is 11.5. The van der Waals surface area contributed by atoms with Gasteiger partial charge >= 0.3 is 0 Å². The van der Waals surface area contributed by atoms with Crippen molar-refractivity contribution in [3.63, 3.8) is 0 Å². The van der Waals surface area contributed by atoms with Crippen molar-refractivity contribution in [2.45, 2.75) is 32.6 Å². The number of piperidine rings is 1. The molecule has 1 fully saturated rings. The van der Waals surface area contributed by atoms with Crippen molar-refractivity contribution >= 4 is 29.0 Å².